The number of nitrogens with zero attached hydrogens (tertiary/aromatic N) is 2. The molecule has 18 heavy (non-hydrogen) atoms. The fraction of sp³-hybridized carbons (Fsp3) is 0.545. The first-order chi connectivity index (χ1) is 8.34. The Hall–Kier alpha value is -0.500. The van der Waals surface area contributed by atoms with Gasteiger partial charge in [0, 0.05) is 23.4 Å². The van der Waals surface area contributed by atoms with Crippen molar-refractivity contribution in [3.05, 3.63) is 22.9 Å². The third-order valence-corrected chi connectivity index (χ3v) is 5.35. The van der Waals surface area contributed by atoms with Gasteiger partial charge in [-0.05, 0) is 35.8 Å². The summed E-state index contributed by atoms with van der Waals surface area (Å²) in [7, 11) is -3.53. The minimum Gasteiger partial charge on any atom is -0.378 e. The van der Waals surface area contributed by atoms with Gasteiger partial charge in [0.2, 0.25) is 10.0 Å². The van der Waals surface area contributed by atoms with E-state index in [2.05, 4.69) is 20.9 Å². The van der Waals surface area contributed by atoms with Crippen LogP contribution in [0.5, 0.6) is 0 Å². The first kappa shape index (κ1) is 13.9. The maximum atomic E-state index is 12.6. The molecule has 1 aliphatic rings. The summed E-state index contributed by atoms with van der Waals surface area (Å²) in [5.74, 6) is 0. The molecule has 1 aromatic heterocycles. The van der Waals surface area contributed by atoms with Crippen molar-refractivity contribution in [3.8, 4) is 0 Å². The molecule has 0 unspecified atom stereocenters. The van der Waals surface area contributed by atoms with Crippen molar-refractivity contribution in [2.24, 2.45) is 0 Å². The summed E-state index contributed by atoms with van der Waals surface area (Å²) < 4.78 is 32.6. The number of hydrogen-bond acceptors (Lipinski definition) is 4. The normalized spacial score (nSPS) is 20.8. The highest BCUT2D eigenvalue weighted by Crippen LogP contribution is 2.27. The lowest BCUT2D eigenvalue weighted by Crippen LogP contribution is -2.55. The standard InChI is InChI=1S/C11H15BrN2O3S/c1-11(2)8-17-4-3-14(11)18(15,16)10-5-9(12)6-13-7-10/h5-7H,3-4,8H2,1-2H3. The van der Waals surface area contributed by atoms with Crippen LogP contribution in [0.1, 0.15) is 13.8 Å². The molecule has 1 fully saturated rings. The average molecular weight is 335 g/mol. The molecule has 1 saturated heterocycles. The lowest BCUT2D eigenvalue weighted by Gasteiger charge is -2.40. The SMILES string of the molecule is CC1(C)COCCN1S(=O)(=O)c1cncc(Br)c1. The molecule has 0 spiro atoms. The number of morpholine rings is 1. The van der Waals surface area contributed by atoms with E-state index in [9.17, 15) is 8.42 Å². The Kier molecular flexibility index (Phi) is 3.77. The zero-order valence-electron chi connectivity index (χ0n) is 10.3. The summed E-state index contributed by atoms with van der Waals surface area (Å²) in [5, 5.41) is 0. The lowest BCUT2D eigenvalue weighted by molar-refractivity contribution is -0.00771. The van der Waals surface area contributed by atoms with Crippen molar-refractivity contribution in [2.45, 2.75) is 24.3 Å². The summed E-state index contributed by atoms with van der Waals surface area (Å²) >= 11 is 3.24. The van der Waals surface area contributed by atoms with Gasteiger partial charge in [-0.1, -0.05) is 0 Å². The largest absolute Gasteiger partial charge is 0.378 e. The molecule has 0 amide bonds. The van der Waals surface area contributed by atoms with Crippen molar-refractivity contribution in [1.29, 1.82) is 0 Å². The smallest absolute Gasteiger partial charge is 0.245 e. The predicted octanol–water partition coefficient (Wildman–Crippen LogP) is 1.64. The molecule has 5 nitrogen and oxygen atoms in total. The average Bonchev–Trinajstić information content (AvgIpc) is 2.28. The van der Waals surface area contributed by atoms with Gasteiger partial charge in [-0.15, -0.1) is 0 Å². The van der Waals surface area contributed by atoms with Gasteiger partial charge in [-0.25, -0.2) is 8.42 Å². The van der Waals surface area contributed by atoms with Gasteiger partial charge in [0.1, 0.15) is 4.90 Å². The number of rotatable bonds is 2. The highest BCUT2D eigenvalue weighted by atomic mass is 79.9. The third kappa shape index (κ3) is 2.59. The Morgan fingerprint density at radius 3 is 2.78 bits per heavy atom. The first-order valence-electron chi connectivity index (χ1n) is 5.55. The van der Waals surface area contributed by atoms with E-state index in [1.165, 1.54) is 10.5 Å². The number of halogens is 1. The summed E-state index contributed by atoms with van der Waals surface area (Å²) in [4.78, 5) is 4.11. The minimum absolute atomic E-state index is 0.201. The van der Waals surface area contributed by atoms with E-state index in [-0.39, 0.29) is 4.90 Å². The molecular weight excluding hydrogens is 320 g/mol. The molecule has 2 rings (SSSR count). The summed E-state index contributed by atoms with van der Waals surface area (Å²) in [6.07, 6.45) is 2.93. The second-order valence-electron chi connectivity index (χ2n) is 4.78. The molecular formula is C11H15BrN2O3S. The van der Waals surface area contributed by atoms with Gasteiger partial charge < -0.3 is 4.74 Å². The van der Waals surface area contributed by atoms with Crippen molar-refractivity contribution in [3.63, 3.8) is 0 Å². The Labute approximate surface area is 115 Å². The van der Waals surface area contributed by atoms with E-state index < -0.39 is 15.6 Å². The molecule has 2 heterocycles. The summed E-state index contributed by atoms with van der Waals surface area (Å²) in [6.45, 7) is 4.89. The predicted molar refractivity (Wildman–Crippen MR) is 70.7 cm³/mol. The van der Waals surface area contributed by atoms with Crippen LogP contribution in [0.4, 0.5) is 0 Å². The molecule has 0 atom stereocenters. The number of ether oxygens (including phenoxy) is 1. The van der Waals surface area contributed by atoms with Gasteiger partial charge in [0.15, 0.2) is 0 Å². The summed E-state index contributed by atoms with van der Waals surface area (Å²) in [5.41, 5.74) is -0.542. The molecule has 1 aromatic rings. The zero-order valence-corrected chi connectivity index (χ0v) is 12.7. The van der Waals surface area contributed by atoms with Crippen molar-refractivity contribution in [2.75, 3.05) is 19.8 Å². The van der Waals surface area contributed by atoms with Gasteiger partial charge >= 0.3 is 0 Å². The molecule has 0 N–H and O–H groups in total. The van der Waals surface area contributed by atoms with Crippen LogP contribution in [0.25, 0.3) is 0 Å². The number of sulfonamides is 1. The van der Waals surface area contributed by atoms with Crippen LogP contribution in [0.2, 0.25) is 0 Å². The lowest BCUT2D eigenvalue weighted by atomic mass is 10.1. The van der Waals surface area contributed by atoms with Crippen LogP contribution in [0, 0.1) is 0 Å². The zero-order chi connectivity index (χ0) is 13.4. The Morgan fingerprint density at radius 2 is 2.17 bits per heavy atom. The van der Waals surface area contributed by atoms with Crippen molar-refractivity contribution in [1.82, 2.24) is 9.29 Å². The number of hydrogen-bond donors (Lipinski definition) is 0. The third-order valence-electron chi connectivity index (χ3n) is 2.84. The fourth-order valence-corrected chi connectivity index (χ4v) is 4.21. The van der Waals surface area contributed by atoms with E-state index in [1.807, 2.05) is 13.8 Å². The highest BCUT2D eigenvalue weighted by molar-refractivity contribution is 9.10. The van der Waals surface area contributed by atoms with Crippen LogP contribution in [-0.4, -0.2) is 43.0 Å². The van der Waals surface area contributed by atoms with Crippen molar-refractivity contribution < 1.29 is 13.2 Å². The van der Waals surface area contributed by atoms with E-state index in [1.54, 1.807) is 12.3 Å². The molecule has 7 heteroatoms. The monoisotopic (exact) mass is 334 g/mol. The molecule has 1 aliphatic heterocycles. The number of aromatic nitrogens is 1. The molecule has 0 aliphatic carbocycles. The van der Waals surface area contributed by atoms with Crippen LogP contribution in [0.3, 0.4) is 0 Å². The second-order valence-corrected chi connectivity index (χ2v) is 7.56. The first-order valence-corrected chi connectivity index (χ1v) is 7.78. The van der Waals surface area contributed by atoms with Crippen LogP contribution in [0.15, 0.2) is 27.8 Å². The maximum absolute atomic E-state index is 12.6. The topological polar surface area (TPSA) is 59.5 Å². The van der Waals surface area contributed by atoms with Crippen LogP contribution < -0.4 is 0 Å². The van der Waals surface area contributed by atoms with E-state index in [4.69, 9.17) is 4.74 Å². The molecule has 0 aromatic carbocycles. The quantitative estimate of drug-likeness (QED) is 0.825. The van der Waals surface area contributed by atoms with Crippen LogP contribution >= 0.6 is 15.9 Å². The van der Waals surface area contributed by atoms with E-state index in [0.717, 1.165) is 0 Å². The molecule has 100 valence electrons. The molecule has 0 radical (unpaired) electrons. The Morgan fingerprint density at radius 1 is 1.44 bits per heavy atom. The highest BCUT2D eigenvalue weighted by Gasteiger charge is 2.39. The Bertz CT molecular complexity index is 545. The van der Waals surface area contributed by atoms with Gasteiger partial charge in [-0.3, -0.25) is 4.98 Å². The second kappa shape index (κ2) is 4.88. The summed E-state index contributed by atoms with van der Waals surface area (Å²) in [6, 6.07) is 1.56. The fourth-order valence-electron chi connectivity index (χ4n) is 1.95. The van der Waals surface area contributed by atoms with Crippen LogP contribution in [-0.2, 0) is 14.8 Å². The maximum Gasteiger partial charge on any atom is 0.245 e. The van der Waals surface area contributed by atoms with Gasteiger partial charge in [-0.2, -0.15) is 4.31 Å². The van der Waals surface area contributed by atoms with Gasteiger partial charge in [0.25, 0.3) is 0 Å². The minimum atomic E-state index is -3.53. The molecule has 0 saturated carbocycles. The van der Waals surface area contributed by atoms with E-state index in [0.29, 0.717) is 24.2 Å². The molecule has 0 bridgehead atoms. The Balaban J connectivity index is 2.42. The van der Waals surface area contributed by atoms with Crippen molar-refractivity contribution >= 4 is 26.0 Å². The number of pyridine rings is 1. The van der Waals surface area contributed by atoms with E-state index >= 15 is 0 Å². The van der Waals surface area contributed by atoms with Gasteiger partial charge in [0.05, 0.1) is 18.8 Å².